The average Bonchev–Trinajstić information content (AvgIpc) is 3.10. The molecule has 1 aliphatic rings. The summed E-state index contributed by atoms with van der Waals surface area (Å²) in [7, 11) is 1.93. The van der Waals surface area contributed by atoms with E-state index >= 15 is 0 Å². The summed E-state index contributed by atoms with van der Waals surface area (Å²) in [5.74, 6) is 0. The maximum Gasteiger partial charge on any atom is 0.319 e. The van der Waals surface area contributed by atoms with Crippen LogP contribution in [0.15, 0.2) is 48.9 Å². The van der Waals surface area contributed by atoms with Gasteiger partial charge in [-0.2, -0.15) is 0 Å². The minimum Gasteiger partial charge on any atom is -0.379 e. The van der Waals surface area contributed by atoms with Crippen molar-refractivity contribution in [3.05, 3.63) is 54.6 Å². The first-order valence-corrected chi connectivity index (χ1v) is 9.39. The van der Waals surface area contributed by atoms with Gasteiger partial charge in [-0.3, -0.25) is 9.88 Å². The first-order valence-electron chi connectivity index (χ1n) is 9.39. The zero-order valence-corrected chi connectivity index (χ0v) is 15.8. The molecule has 2 amide bonds. The highest BCUT2D eigenvalue weighted by molar-refractivity contribution is 5.91. The number of fused-ring (bicyclic) bond motifs is 1. The van der Waals surface area contributed by atoms with Gasteiger partial charge in [0.15, 0.2) is 0 Å². The molecule has 0 saturated carbocycles. The Labute approximate surface area is 163 Å². The van der Waals surface area contributed by atoms with E-state index in [1.165, 1.54) is 0 Å². The molecule has 1 saturated heterocycles. The molecule has 4 rings (SSSR count). The molecule has 1 unspecified atom stereocenters. The number of urea groups is 1. The zero-order chi connectivity index (χ0) is 19.3. The SMILES string of the molecule is Cn1cnc2ccc(NC(=O)NCC(c3ccccn3)N3CCOCC3)cc21. The zero-order valence-electron chi connectivity index (χ0n) is 15.8. The van der Waals surface area contributed by atoms with Crippen LogP contribution in [0.4, 0.5) is 10.5 Å². The molecule has 3 heterocycles. The van der Waals surface area contributed by atoms with Gasteiger partial charge in [-0.05, 0) is 30.3 Å². The quantitative estimate of drug-likeness (QED) is 0.709. The Morgan fingerprint density at radius 3 is 2.86 bits per heavy atom. The molecule has 1 fully saturated rings. The number of nitrogens with one attached hydrogen (secondary N) is 2. The summed E-state index contributed by atoms with van der Waals surface area (Å²) in [6, 6.07) is 11.3. The fraction of sp³-hybridized carbons (Fsp3) is 0.350. The molecule has 0 bridgehead atoms. The van der Waals surface area contributed by atoms with Crippen molar-refractivity contribution in [2.24, 2.45) is 7.05 Å². The Bertz CT molecular complexity index is 936. The molecule has 0 radical (unpaired) electrons. The summed E-state index contributed by atoms with van der Waals surface area (Å²) in [6.07, 6.45) is 3.54. The van der Waals surface area contributed by atoms with E-state index < -0.39 is 0 Å². The van der Waals surface area contributed by atoms with Gasteiger partial charge < -0.3 is 19.9 Å². The van der Waals surface area contributed by atoms with Crippen molar-refractivity contribution in [1.82, 2.24) is 24.8 Å². The summed E-state index contributed by atoms with van der Waals surface area (Å²) >= 11 is 0. The van der Waals surface area contributed by atoms with E-state index in [0.717, 1.165) is 35.5 Å². The Morgan fingerprint density at radius 2 is 2.07 bits per heavy atom. The Balaban J connectivity index is 1.42. The van der Waals surface area contributed by atoms with Crippen molar-refractivity contribution in [3.8, 4) is 0 Å². The van der Waals surface area contributed by atoms with Gasteiger partial charge in [-0.1, -0.05) is 6.07 Å². The van der Waals surface area contributed by atoms with E-state index in [1.54, 1.807) is 12.5 Å². The van der Waals surface area contributed by atoms with Gasteiger partial charge in [0.1, 0.15) is 0 Å². The van der Waals surface area contributed by atoms with Crippen molar-refractivity contribution in [2.75, 3.05) is 38.2 Å². The third-order valence-electron chi connectivity index (χ3n) is 4.95. The van der Waals surface area contributed by atoms with E-state index in [0.29, 0.717) is 19.8 Å². The van der Waals surface area contributed by atoms with Gasteiger partial charge in [0.05, 0.1) is 42.3 Å². The van der Waals surface area contributed by atoms with Crippen molar-refractivity contribution < 1.29 is 9.53 Å². The van der Waals surface area contributed by atoms with Crippen LogP contribution < -0.4 is 10.6 Å². The minimum atomic E-state index is -0.240. The van der Waals surface area contributed by atoms with Crippen molar-refractivity contribution in [3.63, 3.8) is 0 Å². The van der Waals surface area contributed by atoms with Gasteiger partial charge in [0.25, 0.3) is 0 Å². The third-order valence-corrected chi connectivity index (χ3v) is 4.95. The smallest absolute Gasteiger partial charge is 0.319 e. The first-order chi connectivity index (χ1) is 13.7. The Kier molecular flexibility index (Phi) is 5.50. The first kappa shape index (κ1) is 18.4. The fourth-order valence-electron chi connectivity index (χ4n) is 3.45. The number of aryl methyl sites for hydroxylation is 1. The molecule has 1 aromatic carbocycles. The number of rotatable bonds is 5. The van der Waals surface area contributed by atoms with Crippen LogP contribution in [0.5, 0.6) is 0 Å². The number of nitrogens with zero attached hydrogens (tertiary/aromatic N) is 4. The predicted octanol–water partition coefficient (Wildman–Crippen LogP) is 2.16. The minimum absolute atomic E-state index is 0.00963. The van der Waals surface area contributed by atoms with Gasteiger partial charge in [0, 0.05) is 38.6 Å². The highest BCUT2D eigenvalue weighted by Gasteiger charge is 2.24. The van der Waals surface area contributed by atoms with Crippen LogP contribution in [0.1, 0.15) is 11.7 Å². The lowest BCUT2D eigenvalue weighted by molar-refractivity contribution is 0.0159. The second-order valence-electron chi connectivity index (χ2n) is 6.81. The number of carbonyl (C=O) groups is 1. The summed E-state index contributed by atoms with van der Waals surface area (Å²) in [5, 5.41) is 5.89. The van der Waals surface area contributed by atoms with E-state index in [4.69, 9.17) is 4.74 Å². The predicted molar refractivity (Wildman–Crippen MR) is 107 cm³/mol. The number of morpholine rings is 1. The highest BCUT2D eigenvalue weighted by Crippen LogP contribution is 2.20. The molecule has 28 heavy (non-hydrogen) atoms. The number of amides is 2. The number of imidazole rings is 1. The summed E-state index contributed by atoms with van der Waals surface area (Å²) < 4.78 is 7.38. The highest BCUT2D eigenvalue weighted by atomic mass is 16.5. The summed E-state index contributed by atoms with van der Waals surface area (Å²) in [4.78, 5) is 23.6. The normalized spacial score (nSPS) is 16.0. The van der Waals surface area contributed by atoms with Gasteiger partial charge >= 0.3 is 6.03 Å². The van der Waals surface area contributed by atoms with E-state index in [1.807, 2.05) is 48.0 Å². The lowest BCUT2D eigenvalue weighted by atomic mass is 10.1. The largest absolute Gasteiger partial charge is 0.379 e. The van der Waals surface area contributed by atoms with E-state index in [9.17, 15) is 4.79 Å². The molecule has 8 heteroatoms. The van der Waals surface area contributed by atoms with Crippen LogP contribution in [0, 0.1) is 0 Å². The van der Waals surface area contributed by atoms with Crippen molar-refractivity contribution in [2.45, 2.75) is 6.04 Å². The second kappa shape index (κ2) is 8.37. The third kappa shape index (κ3) is 4.13. The molecule has 0 spiro atoms. The summed E-state index contributed by atoms with van der Waals surface area (Å²) in [5.41, 5.74) is 3.55. The monoisotopic (exact) mass is 380 g/mol. The van der Waals surface area contributed by atoms with Crippen LogP contribution in [0.3, 0.4) is 0 Å². The van der Waals surface area contributed by atoms with Crippen LogP contribution in [0.2, 0.25) is 0 Å². The van der Waals surface area contributed by atoms with Crippen molar-refractivity contribution >= 4 is 22.8 Å². The lowest BCUT2D eigenvalue weighted by Crippen LogP contribution is -2.44. The Hall–Kier alpha value is -2.97. The van der Waals surface area contributed by atoms with E-state index in [-0.39, 0.29) is 12.1 Å². The fourth-order valence-corrected chi connectivity index (χ4v) is 3.45. The number of aromatic nitrogens is 3. The molecule has 8 nitrogen and oxygen atoms in total. The van der Waals surface area contributed by atoms with Crippen LogP contribution in [0.25, 0.3) is 11.0 Å². The number of hydrogen-bond donors (Lipinski definition) is 2. The molecule has 2 N–H and O–H groups in total. The molecule has 146 valence electrons. The molecule has 1 atom stereocenters. The van der Waals surface area contributed by atoms with Crippen LogP contribution in [-0.2, 0) is 11.8 Å². The molecule has 1 aliphatic heterocycles. The van der Waals surface area contributed by atoms with E-state index in [2.05, 4.69) is 25.5 Å². The maximum absolute atomic E-state index is 12.5. The molecule has 0 aliphatic carbocycles. The number of benzene rings is 1. The summed E-state index contributed by atoms with van der Waals surface area (Å²) in [6.45, 7) is 3.50. The standard InChI is InChI=1S/C20H24N6O2/c1-25-14-23-17-6-5-15(12-18(17)25)24-20(27)22-13-19(16-4-2-3-7-21-16)26-8-10-28-11-9-26/h2-7,12,14,19H,8-11,13H2,1H3,(H2,22,24,27). The molecule has 2 aromatic heterocycles. The number of carbonyl (C=O) groups excluding carboxylic acids is 1. The van der Waals surface area contributed by atoms with Crippen LogP contribution in [-0.4, -0.2) is 58.3 Å². The topological polar surface area (TPSA) is 84.3 Å². The molecular formula is C20H24N6O2. The number of ether oxygens (including phenoxy) is 1. The molecule has 3 aromatic rings. The lowest BCUT2D eigenvalue weighted by Gasteiger charge is -2.34. The Morgan fingerprint density at radius 1 is 1.21 bits per heavy atom. The maximum atomic E-state index is 12.5. The second-order valence-corrected chi connectivity index (χ2v) is 6.81. The van der Waals surface area contributed by atoms with Crippen LogP contribution >= 0.6 is 0 Å². The van der Waals surface area contributed by atoms with Gasteiger partial charge in [0.2, 0.25) is 0 Å². The van der Waals surface area contributed by atoms with Gasteiger partial charge in [-0.25, -0.2) is 9.78 Å². The van der Waals surface area contributed by atoms with Crippen molar-refractivity contribution in [1.29, 1.82) is 0 Å². The van der Waals surface area contributed by atoms with Gasteiger partial charge in [-0.15, -0.1) is 0 Å². The number of anilines is 1. The number of hydrogen-bond acceptors (Lipinski definition) is 5. The molecular weight excluding hydrogens is 356 g/mol. The average molecular weight is 380 g/mol. The number of pyridine rings is 1.